The second-order valence-corrected chi connectivity index (χ2v) is 7.68. The van der Waals surface area contributed by atoms with Gasteiger partial charge in [0.15, 0.2) is 0 Å². The summed E-state index contributed by atoms with van der Waals surface area (Å²) in [5.41, 5.74) is 0. The van der Waals surface area contributed by atoms with Crippen LogP contribution in [0.2, 0.25) is 0 Å². The molecule has 2 fully saturated rings. The third kappa shape index (κ3) is 3.02. The van der Waals surface area contributed by atoms with Crippen molar-refractivity contribution >= 4 is 15.9 Å². The molecule has 0 aromatic heterocycles. The molecule has 2 saturated heterocycles. The third-order valence-corrected chi connectivity index (χ3v) is 6.19. The molecule has 0 bridgehead atoms. The first kappa shape index (κ1) is 15.5. The van der Waals surface area contributed by atoms with Gasteiger partial charge in [-0.1, -0.05) is 18.2 Å². The average Bonchev–Trinajstić information content (AvgIpc) is 3.19. The minimum absolute atomic E-state index is 0.106. The van der Waals surface area contributed by atoms with Crippen molar-refractivity contribution in [2.45, 2.75) is 36.2 Å². The summed E-state index contributed by atoms with van der Waals surface area (Å²) in [6.45, 7) is 2.05. The standard InChI is InChI=1S/C15H21N3O3S/c19-15(17-12-8-9-16-11-12)14-7-4-10-18(14)22(20,21)13-5-2-1-3-6-13/h1-3,5-6,12,14,16H,4,7-11H2,(H,17,19). The van der Waals surface area contributed by atoms with E-state index in [-0.39, 0.29) is 16.8 Å². The largest absolute Gasteiger partial charge is 0.351 e. The molecule has 6 nitrogen and oxygen atoms in total. The molecule has 2 aliphatic rings. The number of nitrogens with zero attached hydrogens (tertiary/aromatic N) is 1. The first-order valence-corrected chi connectivity index (χ1v) is 9.11. The van der Waals surface area contributed by atoms with Gasteiger partial charge in [0, 0.05) is 19.1 Å². The molecule has 2 atom stereocenters. The van der Waals surface area contributed by atoms with Crippen LogP contribution in [0, 0.1) is 0 Å². The minimum Gasteiger partial charge on any atom is -0.351 e. The molecule has 1 aromatic rings. The maximum absolute atomic E-state index is 12.7. The van der Waals surface area contributed by atoms with Crippen molar-refractivity contribution in [1.82, 2.24) is 14.9 Å². The van der Waals surface area contributed by atoms with Crippen LogP contribution >= 0.6 is 0 Å². The van der Waals surface area contributed by atoms with Crippen LogP contribution in [-0.2, 0) is 14.8 Å². The number of benzene rings is 1. The normalized spacial score (nSPS) is 26.2. The summed E-state index contributed by atoms with van der Waals surface area (Å²) in [4.78, 5) is 12.7. The Morgan fingerprint density at radius 2 is 2.00 bits per heavy atom. The molecule has 120 valence electrons. The zero-order chi connectivity index (χ0) is 15.6. The predicted octanol–water partition coefficient (Wildman–Crippen LogP) is 0.318. The maximum Gasteiger partial charge on any atom is 0.243 e. The van der Waals surface area contributed by atoms with Crippen molar-refractivity contribution in [3.63, 3.8) is 0 Å². The van der Waals surface area contributed by atoms with Gasteiger partial charge in [-0.05, 0) is 37.9 Å². The van der Waals surface area contributed by atoms with Crippen molar-refractivity contribution in [1.29, 1.82) is 0 Å². The van der Waals surface area contributed by atoms with Gasteiger partial charge < -0.3 is 10.6 Å². The van der Waals surface area contributed by atoms with Crippen LogP contribution in [0.4, 0.5) is 0 Å². The number of sulfonamides is 1. The van der Waals surface area contributed by atoms with Crippen molar-refractivity contribution in [3.05, 3.63) is 30.3 Å². The number of rotatable bonds is 4. The van der Waals surface area contributed by atoms with Crippen LogP contribution < -0.4 is 10.6 Å². The Bertz CT molecular complexity index is 627. The van der Waals surface area contributed by atoms with Gasteiger partial charge in [-0.25, -0.2) is 8.42 Å². The zero-order valence-corrected chi connectivity index (χ0v) is 13.2. The quantitative estimate of drug-likeness (QED) is 0.836. The molecular weight excluding hydrogens is 302 g/mol. The van der Waals surface area contributed by atoms with E-state index in [1.165, 1.54) is 4.31 Å². The number of nitrogens with one attached hydrogen (secondary N) is 2. The van der Waals surface area contributed by atoms with Gasteiger partial charge in [0.25, 0.3) is 0 Å². The number of amides is 1. The van der Waals surface area contributed by atoms with E-state index in [2.05, 4.69) is 10.6 Å². The SMILES string of the molecule is O=C(NC1CCNC1)C1CCCN1S(=O)(=O)c1ccccc1. The van der Waals surface area contributed by atoms with Crippen molar-refractivity contribution < 1.29 is 13.2 Å². The lowest BCUT2D eigenvalue weighted by molar-refractivity contribution is -0.124. The van der Waals surface area contributed by atoms with Gasteiger partial charge in [-0.2, -0.15) is 4.31 Å². The van der Waals surface area contributed by atoms with Crippen LogP contribution in [0.15, 0.2) is 35.2 Å². The van der Waals surface area contributed by atoms with Gasteiger partial charge in [-0.15, -0.1) is 0 Å². The highest BCUT2D eigenvalue weighted by molar-refractivity contribution is 7.89. The van der Waals surface area contributed by atoms with Gasteiger partial charge in [0.05, 0.1) is 4.90 Å². The molecule has 2 unspecified atom stereocenters. The Labute approximate surface area is 130 Å². The Morgan fingerprint density at radius 1 is 1.23 bits per heavy atom. The molecule has 0 aliphatic carbocycles. The summed E-state index contributed by atoms with van der Waals surface area (Å²) in [6, 6.07) is 7.83. The second kappa shape index (κ2) is 6.36. The lowest BCUT2D eigenvalue weighted by atomic mass is 10.2. The topological polar surface area (TPSA) is 78.5 Å². The van der Waals surface area contributed by atoms with Crippen LogP contribution in [-0.4, -0.2) is 50.3 Å². The molecule has 0 spiro atoms. The summed E-state index contributed by atoms with van der Waals surface area (Å²) in [6.07, 6.45) is 2.19. The first-order valence-electron chi connectivity index (χ1n) is 7.67. The number of carbonyl (C=O) groups is 1. The van der Waals surface area contributed by atoms with E-state index < -0.39 is 16.1 Å². The van der Waals surface area contributed by atoms with Crippen LogP contribution in [0.5, 0.6) is 0 Å². The predicted molar refractivity (Wildman–Crippen MR) is 82.8 cm³/mol. The Balaban J connectivity index is 1.76. The van der Waals surface area contributed by atoms with Gasteiger partial charge >= 0.3 is 0 Å². The Kier molecular flexibility index (Phi) is 4.46. The van der Waals surface area contributed by atoms with Gasteiger partial charge in [0.1, 0.15) is 6.04 Å². The maximum atomic E-state index is 12.7. The van der Waals surface area contributed by atoms with Gasteiger partial charge in [-0.3, -0.25) is 4.79 Å². The van der Waals surface area contributed by atoms with Crippen molar-refractivity contribution in [3.8, 4) is 0 Å². The molecule has 2 aliphatic heterocycles. The summed E-state index contributed by atoms with van der Waals surface area (Å²) in [5.74, 6) is -0.175. The fraction of sp³-hybridized carbons (Fsp3) is 0.533. The smallest absolute Gasteiger partial charge is 0.243 e. The highest BCUT2D eigenvalue weighted by Gasteiger charge is 2.39. The molecule has 22 heavy (non-hydrogen) atoms. The Hall–Kier alpha value is -1.44. The van der Waals surface area contributed by atoms with Crippen LogP contribution in [0.3, 0.4) is 0 Å². The second-order valence-electron chi connectivity index (χ2n) is 5.79. The molecule has 3 rings (SSSR count). The minimum atomic E-state index is -3.61. The van der Waals surface area contributed by atoms with Crippen molar-refractivity contribution in [2.75, 3.05) is 19.6 Å². The molecule has 2 N–H and O–H groups in total. The molecule has 2 heterocycles. The van der Waals surface area contributed by atoms with E-state index in [1.54, 1.807) is 30.3 Å². The van der Waals surface area contributed by atoms with Gasteiger partial charge in [0.2, 0.25) is 15.9 Å². The lowest BCUT2D eigenvalue weighted by Gasteiger charge is -2.24. The summed E-state index contributed by atoms with van der Waals surface area (Å²) in [5, 5.41) is 6.16. The third-order valence-electron chi connectivity index (χ3n) is 4.26. The van der Waals surface area contributed by atoms with Crippen LogP contribution in [0.25, 0.3) is 0 Å². The van der Waals surface area contributed by atoms with E-state index in [9.17, 15) is 13.2 Å². The molecule has 1 amide bonds. The summed E-state index contributed by atoms with van der Waals surface area (Å²) < 4.78 is 26.8. The molecule has 0 radical (unpaired) electrons. The highest BCUT2D eigenvalue weighted by Crippen LogP contribution is 2.26. The van der Waals surface area contributed by atoms with Crippen molar-refractivity contribution in [2.24, 2.45) is 0 Å². The fourth-order valence-corrected chi connectivity index (χ4v) is 4.77. The van der Waals surface area contributed by atoms with Crippen LogP contribution in [0.1, 0.15) is 19.3 Å². The fourth-order valence-electron chi connectivity index (χ4n) is 3.09. The van der Waals surface area contributed by atoms with E-state index in [4.69, 9.17) is 0 Å². The number of hydrogen-bond donors (Lipinski definition) is 2. The molecule has 0 saturated carbocycles. The Morgan fingerprint density at radius 3 is 2.68 bits per heavy atom. The molecular formula is C15H21N3O3S. The van der Waals surface area contributed by atoms with E-state index in [0.29, 0.717) is 19.4 Å². The average molecular weight is 323 g/mol. The monoisotopic (exact) mass is 323 g/mol. The van der Waals surface area contributed by atoms with E-state index in [1.807, 2.05) is 0 Å². The summed E-state index contributed by atoms with van der Waals surface area (Å²) in [7, 11) is -3.61. The zero-order valence-electron chi connectivity index (χ0n) is 12.4. The molecule has 1 aromatic carbocycles. The lowest BCUT2D eigenvalue weighted by Crippen LogP contribution is -2.49. The highest BCUT2D eigenvalue weighted by atomic mass is 32.2. The number of carbonyl (C=O) groups excluding carboxylic acids is 1. The number of hydrogen-bond acceptors (Lipinski definition) is 4. The first-order chi connectivity index (χ1) is 10.6. The van der Waals surface area contributed by atoms with E-state index in [0.717, 1.165) is 19.5 Å². The van der Waals surface area contributed by atoms with E-state index >= 15 is 0 Å². The summed E-state index contributed by atoms with van der Waals surface area (Å²) >= 11 is 0. The molecule has 7 heteroatoms.